The molecule has 6 rings (SSSR count). The molecule has 2 fully saturated rings. The molecule has 17 nitrogen and oxygen atoms in total. The van der Waals surface area contributed by atoms with Gasteiger partial charge in [-0.25, -0.2) is 14.3 Å². The number of rotatable bonds is 9. The highest BCUT2D eigenvalue weighted by atomic mass is 35.5. The Bertz CT molecular complexity index is 2190. The van der Waals surface area contributed by atoms with E-state index in [0.717, 1.165) is 41.1 Å². The largest absolute Gasteiger partial charge is 0.459 e. The van der Waals surface area contributed by atoms with Crippen molar-refractivity contribution in [1.82, 2.24) is 28.8 Å². The van der Waals surface area contributed by atoms with Crippen LogP contribution in [0, 0.1) is 11.8 Å². The molecular formula is C42H57Cl2N7O10S. The standard InChI is InChI=1S/C31H45N7O6S.C8H7ClO2.C3H5ClO2/c1-19(2)38-24-15-11-14-23(32)26(24)33-30(38)44-22-16-25-27(39)34-31(29(41)35-45(42,43)36(4)5)17-21(31)13-10-8-6-7-9-12-20(3)28(40)37(25)18-22;9-8(10)11-6-7-4-2-1-3-5-7;1-2-6-3(4)5/h10-11,13-15,19-22,25H,6-9,12,16-18,32H2,1-5H3,(H,34,39)(H,35,41);1-5H,6H2;2H2,1H3/b13-10-;;/t20-,21+,22+,25-,31+;;/m0../s1. The lowest BCUT2D eigenvalue weighted by Gasteiger charge is -2.28. The third-order valence-electron chi connectivity index (χ3n) is 10.6. The van der Waals surface area contributed by atoms with Crippen LogP contribution in [0.4, 0.5) is 15.3 Å². The Morgan fingerprint density at radius 3 is 2.34 bits per heavy atom. The molecular weight excluding hydrogens is 865 g/mol. The molecule has 1 saturated carbocycles. The monoisotopic (exact) mass is 921 g/mol. The lowest BCUT2D eigenvalue weighted by atomic mass is 10.0. The first kappa shape index (κ1) is 49.7. The Balaban J connectivity index is 0.000000414. The number of halogens is 2. The Morgan fingerprint density at radius 1 is 1.03 bits per heavy atom. The Labute approximate surface area is 372 Å². The molecule has 2 aliphatic heterocycles. The van der Waals surface area contributed by atoms with Crippen LogP contribution in [0.15, 0.2) is 60.7 Å². The second kappa shape index (κ2) is 22.4. The van der Waals surface area contributed by atoms with Crippen LogP contribution < -0.4 is 20.5 Å². The van der Waals surface area contributed by atoms with Gasteiger partial charge < -0.3 is 30.2 Å². The van der Waals surface area contributed by atoms with Crippen LogP contribution >= 0.6 is 23.2 Å². The van der Waals surface area contributed by atoms with Crippen molar-refractivity contribution in [2.45, 2.75) is 103 Å². The number of carbonyl (C=O) groups is 5. The van der Waals surface area contributed by atoms with Crippen molar-refractivity contribution in [3.63, 3.8) is 0 Å². The molecule has 0 spiro atoms. The Morgan fingerprint density at radius 2 is 1.73 bits per heavy atom. The van der Waals surface area contributed by atoms with Crippen LogP contribution in [-0.2, 0) is 40.7 Å². The Kier molecular flexibility index (Phi) is 18.0. The van der Waals surface area contributed by atoms with Gasteiger partial charge in [-0.15, -0.1) is 0 Å². The zero-order valence-electron chi connectivity index (χ0n) is 35.8. The molecule has 2 aromatic carbocycles. The maximum Gasteiger partial charge on any atom is 0.404 e. The number of aromatic nitrogens is 2. The van der Waals surface area contributed by atoms with Gasteiger partial charge in [0.05, 0.1) is 24.4 Å². The van der Waals surface area contributed by atoms with Crippen molar-refractivity contribution < 1.29 is 46.6 Å². The smallest absolute Gasteiger partial charge is 0.404 e. The number of hydrogen-bond donors (Lipinski definition) is 3. The fraction of sp³-hybridized carbons (Fsp3) is 0.524. The van der Waals surface area contributed by atoms with Gasteiger partial charge in [-0.05, 0) is 64.2 Å². The summed E-state index contributed by atoms with van der Waals surface area (Å²) in [5.74, 6) is -2.17. The van der Waals surface area contributed by atoms with Gasteiger partial charge in [-0.1, -0.05) is 68.3 Å². The summed E-state index contributed by atoms with van der Waals surface area (Å²) < 4.78 is 45.2. The number of nitrogens with zero attached hydrogens (tertiary/aromatic N) is 4. The van der Waals surface area contributed by atoms with Crippen LogP contribution in [0.1, 0.15) is 84.2 Å². The number of ether oxygens (including phenoxy) is 3. The van der Waals surface area contributed by atoms with E-state index < -0.39 is 50.6 Å². The summed E-state index contributed by atoms with van der Waals surface area (Å²) in [7, 11) is -1.45. The van der Waals surface area contributed by atoms with E-state index in [1.807, 2.05) is 80.0 Å². The molecule has 0 unspecified atom stereocenters. The van der Waals surface area contributed by atoms with Crippen molar-refractivity contribution in [1.29, 1.82) is 0 Å². The van der Waals surface area contributed by atoms with E-state index in [4.69, 9.17) is 33.7 Å². The summed E-state index contributed by atoms with van der Waals surface area (Å²) in [4.78, 5) is 67.3. The van der Waals surface area contributed by atoms with Gasteiger partial charge in [0.15, 0.2) is 0 Å². The molecule has 3 aliphatic rings. The average Bonchev–Trinajstić information content (AvgIpc) is 3.52. The minimum atomic E-state index is -4.09. The molecule has 340 valence electrons. The first-order valence-electron chi connectivity index (χ1n) is 20.5. The van der Waals surface area contributed by atoms with Gasteiger partial charge in [0.2, 0.25) is 11.8 Å². The minimum absolute atomic E-state index is 0.000264. The van der Waals surface area contributed by atoms with Crippen LogP contribution in [0.5, 0.6) is 6.01 Å². The lowest BCUT2D eigenvalue weighted by Crippen LogP contribution is -2.57. The van der Waals surface area contributed by atoms with Gasteiger partial charge in [0, 0.05) is 61.6 Å². The summed E-state index contributed by atoms with van der Waals surface area (Å²) in [6.07, 6.45) is 7.98. The number of carbonyl (C=O) groups excluding carboxylic acids is 5. The highest BCUT2D eigenvalue weighted by molar-refractivity contribution is 7.87. The van der Waals surface area contributed by atoms with E-state index >= 15 is 0 Å². The van der Waals surface area contributed by atoms with E-state index in [1.54, 1.807) is 17.9 Å². The fourth-order valence-corrected chi connectivity index (χ4v) is 7.96. The van der Waals surface area contributed by atoms with Crippen LogP contribution in [0.25, 0.3) is 11.0 Å². The zero-order valence-corrected chi connectivity index (χ0v) is 38.2. The number of benzene rings is 2. The minimum Gasteiger partial charge on any atom is -0.459 e. The third-order valence-corrected chi connectivity index (χ3v) is 12.2. The fourth-order valence-electron chi connectivity index (χ4n) is 7.19. The van der Waals surface area contributed by atoms with Gasteiger partial charge in [-0.3, -0.25) is 19.0 Å². The van der Waals surface area contributed by atoms with Gasteiger partial charge in [-0.2, -0.15) is 17.7 Å². The quantitative estimate of drug-likeness (QED) is 0.120. The number of hydrogen-bond acceptors (Lipinski definition) is 12. The number of fused-ring (bicyclic) bond motifs is 3. The molecule has 1 aromatic heterocycles. The maximum atomic E-state index is 14.0. The van der Waals surface area contributed by atoms with Crippen molar-refractivity contribution in [3.05, 3.63) is 66.2 Å². The number of allylic oxidation sites excluding steroid dienone is 1. The summed E-state index contributed by atoms with van der Waals surface area (Å²) in [5.41, 5.74) is 6.15. The van der Waals surface area contributed by atoms with Gasteiger partial charge in [0.1, 0.15) is 29.8 Å². The van der Waals surface area contributed by atoms with Crippen molar-refractivity contribution in [2.75, 3.05) is 33.0 Å². The molecule has 62 heavy (non-hydrogen) atoms. The predicted molar refractivity (Wildman–Crippen MR) is 236 cm³/mol. The van der Waals surface area contributed by atoms with Crippen LogP contribution in [0.3, 0.4) is 0 Å². The summed E-state index contributed by atoms with van der Waals surface area (Å²) >= 11 is 9.68. The molecule has 5 atom stereocenters. The molecule has 3 aromatic rings. The van der Waals surface area contributed by atoms with E-state index in [-0.39, 0.29) is 49.8 Å². The molecule has 0 bridgehead atoms. The van der Waals surface area contributed by atoms with Crippen molar-refractivity contribution in [3.8, 4) is 6.01 Å². The van der Waals surface area contributed by atoms with Gasteiger partial charge in [0.25, 0.3) is 11.9 Å². The van der Waals surface area contributed by atoms with E-state index in [9.17, 15) is 32.4 Å². The number of anilines is 1. The van der Waals surface area contributed by atoms with E-state index in [2.05, 4.69) is 24.5 Å². The second-order valence-corrected chi connectivity index (χ2v) is 18.2. The maximum absolute atomic E-state index is 14.0. The molecule has 4 N–H and O–H groups in total. The molecule has 3 amide bonds. The van der Waals surface area contributed by atoms with E-state index in [0.29, 0.717) is 30.2 Å². The van der Waals surface area contributed by atoms with Crippen molar-refractivity contribution in [2.24, 2.45) is 11.8 Å². The SMILES string of the molecule is CC(C)n1c(O[C@@H]2C[C@H]3C(=O)N[C@]4(C(=O)NS(=O)(=O)N(C)C)C[C@H]4/C=C\CCCCC[C@H](C)C(=O)N3C2)nc2c(N)cccc21.CCOC(=O)Cl.O=C(Cl)OCc1ccccc1. The van der Waals surface area contributed by atoms with E-state index in [1.165, 1.54) is 14.1 Å². The summed E-state index contributed by atoms with van der Waals surface area (Å²) in [5, 5.41) is 2.88. The third kappa shape index (κ3) is 13.3. The highest BCUT2D eigenvalue weighted by Gasteiger charge is 2.61. The van der Waals surface area contributed by atoms with Gasteiger partial charge >= 0.3 is 21.1 Å². The molecule has 20 heteroatoms. The number of nitrogens with two attached hydrogens (primary N) is 1. The number of para-hydroxylation sites is 1. The van der Waals surface area contributed by atoms with Crippen LogP contribution in [-0.4, -0.2) is 101 Å². The second-order valence-electron chi connectivity index (χ2n) is 15.7. The molecule has 1 saturated heterocycles. The van der Waals surface area contributed by atoms with Crippen molar-refractivity contribution >= 4 is 78.7 Å². The van der Waals surface area contributed by atoms with Crippen LogP contribution in [0.2, 0.25) is 0 Å². The number of nitrogens with one attached hydrogen (secondary N) is 2. The molecule has 1 aliphatic carbocycles. The topological polar surface area (TPSA) is 222 Å². The zero-order chi connectivity index (χ0) is 45.8. The molecule has 0 radical (unpaired) electrons. The number of nitrogen functional groups attached to an aromatic ring is 1. The Hall–Kier alpha value is -4.91. The average molecular weight is 923 g/mol. The highest BCUT2D eigenvalue weighted by Crippen LogP contribution is 2.46. The predicted octanol–water partition coefficient (Wildman–Crippen LogP) is 6.45. The normalized spacial score (nSPS) is 23.2. The lowest BCUT2D eigenvalue weighted by molar-refractivity contribution is -0.142. The first-order chi connectivity index (χ1) is 29.3. The first-order valence-corrected chi connectivity index (χ1v) is 22.7. The number of imidazole rings is 1. The number of amides is 3. The summed E-state index contributed by atoms with van der Waals surface area (Å²) in [6.45, 7) is 8.34. The molecule has 3 heterocycles. The summed E-state index contributed by atoms with van der Waals surface area (Å²) in [6, 6.07) is 14.3.